The molecular formula is C12H17NO4. The molecule has 5 nitrogen and oxygen atoms in total. The molecule has 1 aromatic carbocycles. The van der Waals surface area contributed by atoms with Crippen LogP contribution in [0.15, 0.2) is 12.1 Å². The molecule has 0 heterocycles. The van der Waals surface area contributed by atoms with E-state index in [-0.39, 0.29) is 0 Å². The molecule has 17 heavy (non-hydrogen) atoms. The summed E-state index contributed by atoms with van der Waals surface area (Å²) in [5.74, 6) is 0.666. The van der Waals surface area contributed by atoms with Gasteiger partial charge in [-0.3, -0.25) is 4.79 Å². The van der Waals surface area contributed by atoms with Crippen molar-refractivity contribution in [2.75, 3.05) is 19.5 Å². The third-order valence-electron chi connectivity index (χ3n) is 2.37. The first-order valence-corrected chi connectivity index (χ1v) is 5.21. The van der Waals surface area contributed by atoms with Crippen molar-refractivity contribution in [1.82, 2.24) is 0 Å². The third kappa shape index (κ3) is 3.10. The van der Waals surface area contributed by atoms with E-state index in [9.17, 15) is 4.79 Å². The summed E-state index contributed by atoms with van der Waals surface area (Å²) in [7, 11) is 3.07. The molecule has 0 aliphatic heterocycles. The Labute approximate surface area is 100 Å². The molecule has 1 unspecified atom stereocenters. The lowest BCUT2D eigenvalue weighted by Gasteiger charge is -2.14. The number of methoxy groups -OCH3 is 2. The minimum absolute atomic E-state index is 0.458. The van der Waals surface area contributed by atoms with Gasteiger partial charge in [0.05, 0.1) is 14.2 Å². The van der Waals surface area contributed by atoms with Gasteiger partial charge in [0.15, 0.2) is 11.5 Å². The Morgan fingerprint density at radius 3 is 2.29 bits per heavy atom. The van der Waals surface area contributed by atoms with E-state index in [1.807, 2.05) is 6.92 Å². The number of carbonyl (C=O) groups is 1. The minimum Gasteiger partial charge on any atom is -0.493 e. The average Bonchev–Trinajstić information content (AvgIpc) is 2.30. The largest absolute Gasteiger partial charge is 0.493 e. The van der Waals surface area contributed by atoms with Crippen LogP contribution in [0.2, 0.25) is 0 Å². The van der Waals surface area contributed by atoms with Crippen molar-refractivity contribution in [2.24, 2.45) is 0 Å². The SMILES string of the molecule is COc1cc(C)c(NC(=O)C(C)O)cc1OC. The molecule has 5 heteroatoms. The molecule has 1 atom stereocenters. The minimum atomic E-state index is -1.05. The maximum absolute atomic E-state index is 11.4. The first kappa shape index (κ1) is 13.3. The highest BCUT2D eigenvalue weighted by Crippen LogP contribution is 2.32. The summed E-state index contributed by atoms with van der Waals surface area (Å²) < 4.78 is 10.3. The lowest BCUT2D eigenvalue weighted by molar-refractivity contribution is -0.123. The number of ether oxygens (including phenoxy) is 2. The molecule has 1 rings (SSSR count). The normalized spacial score (nSPS) is 11.8. The van der Waals surface area contributed by atoms with E-state index in [1.54, 1.807) is 19.2 Å². The zero-order chi connectivity index (χ0) is 13.0. The first-order valence-electron chi connectivity index (χ1n) is 5.21. The molecule has 0 aliphatic carbocycles. The van der Waals surface area contributed by atoms with E-state index in [4.69, 9.17) is 14.6 Å². The van der Waals surface area contributed by atoms with Gasteiger partial charge < -0.3 is 19.9 Å². The molecule has 94 valence electrons. The smallest absolute Gasteiger partial charge is 0.252 e. The summed E-state index contributed by atoms with van der Waals surface area (Å²) in [5.41, 5.74) is 1.42. The second kappa shape index (κ2) is 5.54. The number of rotatable bonds is 4. The summed E-state index contributed by atoms with van der Waals surface area (Å²) in [6.07, 6.45) is -1.05. The zero-order valence-corrected chi connectivity index (χ0v) is 10.4. The van der Waals surface area contributed by atoms with Crippen LogP contribution in [-0.4, -0.2) is 31.3 Å². The van der Waals surface area contributed by atoms with Gasteiger partial charge in [-0.2, -0.15) is 0 Å². The number of nitrogens with one attached hydrogen (secondary N) is 1. The summed E-state index contributed by atoms with van der Waals surface area (Å²) >= 11 is 0. The van der Waals surface area contributed by atoms with Gasteiger partial charge in [-0.05, 0) is 25.5 Å². The van der Waals surface area contributed by atoms with E-state index in [1.165, 1.54) is 14.0 Å². The number of hydrogen-bond donors (Lipinski definition) is 2. The number of anilines is 1. The Balaban J connectivity index is 3.04. The zero-order valence-electron chi connectivity index (χ0n) is 10.4. The monoisotopic (exact) mass is 239 g/mol. The Morgan fingerprint density at radius 2 is 1.82 bits per heavy atom. The van der Waals surface area contributed by atoms with E-state index >= 15 is 0 Å². The number of aryl methyl sites for hydroxylation is 1. The average molecular weight is 239 g/mol. The molecule has 0 fully saturated rings. The fourth-order valence-electron chi connectivity index (χ4n) is 1.35. The summed E-state index contributed by atoms with van der Waals surface area (Å²) in [4.78, 5) is 11.4. The molecule has 1 amide bonds. The Morgan fingerprint density at radius 1 is 1.29 bits per heavy atom. The fourth-order valence-corrected chi connectivity index (χ4v) is 1.35. The van der Waals surface area contributed by atoms with Gasteiger partial charge in [0, 0.05) is 11.8 Å². The van der Waals surface area contributed by atoms with Crippen molar-refractivity contribution < 1.29 is 19.4 Å². The van der Waals surface area contributed by atoms with Crippen molar-refractivity contribution in [2.45, 2.75) is 20.0 Å². The molecule has 0 bridgehead atoms. The number of hydrogen-bond acceptors (Lipinski definition) is 4. The highest BCUT2D eigenvalue weighted by molar-refractivity contribution is 5.94. The van der Waals surface area contributed by atoms with Crippen molar-refractivity contribution in [3.05, 3.63) is 17.7 Å². The predicted molar refractivity (Wildman–Crippen MR) is 64.6 cm³/mol. The highest BCUT2D eigenvalue weighted by atomic mass is 16.5. The van der Waals surface area contributed by atoms with Crippen LogP contribution >= 0.6 is 0 Å². The second-order valence-electron chi connectivity index (χ2n) is 3.69. The molecule has 0 radical (unpaired) electrons. The van der Waals surface area contributed by atoms with Crippen LogP contribution in [0.4, 0.5) is 5.69 Å². The quantitative estimate of drug-likeness (QED) is 0.831. The molecule has 0 aromatic heterocycles. The van der Waals surface area contributed by atoms with Crippen LogP contribution in [0.3, 0.4) is 0 Å². The van der Waals surface area contributed by atoms with Gasteiger partial charge in [0.1, 0.15) is 6.10 Å². The maximum atomic E-state index is 11.4. The van der Waals surface area contributed by atoms with Crippen molar-refractivity contribution in [1.29, 1.82) is 0 Å². The Kier molecular flexibility index (Phi) is 4.34. The second-order valence-corrected chi connectivity index (χ2v) is 3.69. The lowest BCUT2D eigenvalue weighted by atomic mass is 10.1. The lowest BCUT2D eigenvalue weighted by Crippen LogP contribution is -2.24. The third-order valence-corrected chi connectivity index (χ3v) is 2.37. The Bertz CT molecular complexity index is 415. The number of aliphatic hydroxyl groups is 1. The maximum Gasteiger partial charge on any atom is 0.252 e. The van der Waals surface area contributed by atoms with Gasteiger partial charge in [-0.25, -0.2) is 0 Å². The number of amides is 1. The van der Waals surface area contributed by atoms with Crippen LogP contribution < -0.4 is 14.8 Å². The molecular weight excluding hydrogens is 222 g/mol. The number of carbonyl (C=O) groups excluding carboxylic acids is 1. The highest BCUT2D eigenvalue weighted by Gasteiger charge is 2.13. The van der Waals surface area contributed by atoms with Crippen molar-refractivity contribution >= 4 is 11.6 Å². The summed E-state index contributed by atoms with van der Waals surface area (Å²) in [6, 6.07) is 3.42. The van der Waals surface area contributed by atoms with Crippen molar-refractivity contribution in [3.8, 4) is 11.5 Å². The predicted octanol–water partition coefficient (Wildman–Crippen LogP) is 1.33. The topological polar surface area (TPSA) is 67.8 Å². The Hall–Kier alpha value is -1.75. The summed E-state index contributed by atoms with van der Waals surface area (Å²) in [6.45, 7) is 3.24. The molecule has 0 saturated carbocycles. The van der Waals surface area contributed by atoms with Gasteiger partial charge in [0.2, 0.25) is 0 Å². The van der Waals surface area contributed by atoms with Crippen molar-refractivity contribution in [3.63, 3.8) is 0 Å². The van der Waals surface area contributed by atoms with Crippen LogP contribution in [0, 0.1) is 6.92 Å². The van der Waals surface area contributed by atoms with Gasteiger partial charge in [-0.1, -0.05) is 0 Å². The van der Waals surface area contributed by atoms with Crippen LogP contribution in [0.25, 0.3) is 0 Å². The fraction of sp³-hybridized carbons (Fsp3) is 0.417. The van der Waals surface area contributed by atoms with Crippen LogP contribution in [-0.2, 0) is 4.79 Å². The van der Waals surface area contributed by atoms with Crippen LogP contribution in [0.5, 0.6) is 11.5 Å². The van der Waals surface area contributed by atoms with Gasteiger partial charge in [-0.15, -0.1) is 0 Å². The molecule has 1 aromatic rings. The molecule has 0 saturated heterocycles. The first-order chi connectivity index (χ1) is 7.99. The van der Waals surface area contributed by atoms with Crippen LogP contribution in [0.1, 0.15) is 12.5 Å². The van der Waals surface area contributed by atoms with Gasteiger partial charge >= 0.3 is 0 Å². The standard InChI is InChI=1S/C12H17NO4/c1-7-5-10(16-3)11(17-4)6-9(7)13-12(15)8(2)14/h5-6,8,14H,1-4H3,(H,13,15). The van der Waals surface area contributed by atoms with E-state index < -0.39 is 12.0 Å². The van der Waals surface area contributed by atoms with E-state index in [0.29, 0.717) is 17.2 Å². The van der Waals surface area contributed by atoms with Gasteiger partial charge in [0.25, 0.3) is 5.91 Å². The number of aliphatic hydroxyl groups excluding tert-OH is 1. The number of benzene rings is 1. The molecule has 0 spiro atoms. The summed E-state index contributed by atoms with van der Waals surface area (Å²) in [5, 5.41) is 11.7. The van der Waals surface area contributed by atoms with E-state index in [0.717, 1.165) is 5.56 Å². The van der Waals surface area contributed by atoms with E-state index in [2.05, 4.69) is 5.32 Å². The molecule has 2 N–H and O–H groups in total. The molecule has 0 aliphatic rings.